The van der Waals surface area contributed by atoms with Gasteiger partial charge in [0.05, 0.1) is 0 Å². The first-order valence-electron chi connectivity index (χ1n) is 10.3. The number of thioether (sulfide) groups is 1. The van der Waals surface area contributed by atoms with Gasteiger partial charge in [-0.1, -0.05) is 24.6 Å². The molecule has 0 bridgehead atoms. The van der Waals surface area contributed by atoms with Crippen molar-refractivity contribution in [3.8, 4) is 0 Å². The first-order valence-corrected chi connectivity index (χ1v) is 11.5. The van der Waals surface area contributed by atoms with Gasteiger partial charge in [0.15, 0.2) is 11.1 Å². The van der Waals surface area contributed by atoms with Crippen molar-refractivity contribution in [2.45, 2.75) is 69.5 Å². The lowest BCUT2D eigenvalue weighted by Gasteiger charge is -2.16. The van der Waals surface area contributed by atoms with Crippen LogP contribution in [0.5, 0.6) is 0 Å². The van der Waals surface area contributed by atoms with Crippen molar-refractivity contribution in [3.05, 3.63) is 5.82 Å². The maximum absolute atomic E-state index is 5.36. The molecule has 0 unspecified atom stereocenters. The minimum Gasteiger partial charge on any atom is -0.382 e. The maximum atomic E-state index is 5.36. The second-order valence-corrected chi connectivity index (χ2v) is 7.62. The van der Waals surface area contributed by atoms with Gasteiger partial charge in [0, 0.05) is 45.8 Å². The van der Waals surface area contributed by atoms with Crippen LogP contribution in [-0.4, -0.2) is 60.3 Å². The van der Waals surface area contributed by atoms with Gasteiger partial charge in [-0.2, -0.15) is 0 Å². The third-order valence-corrected chi connectivity index (χ3v) is 5.56. The van der Waals surface area contributed by atoms with Crippen LogP contribution in [0.4, 0.5) is 0 Å². The third-order valence-electron chi connectivity index (χ3n) is 4.91. The zero-order chi connectivity index (χ0) is 19.3. The van der Waals surface area contributed by atoms with Crippen LogP contribution in [-0.2, 0) is 11.2 Å². The molecule has 7 nitrogen and oxygen atoms in total. The Hall–Kier alpha value is -0.550. The summed E-state index contributed by atoms with van der Waals surface area (Å²) < 4.78 is 7.75. The van der Waals surface area contributed by atoms with Gasteiger partial charge in [-0.3, -0.25) is 4.99 Å². The number of unbranched alkanes of at least 4 members (excludes halogenated alkanes) is 1. The smallest absolute Gasteiger partial charge is 0.191 e. The number of halogens is 1. The van der Waals surface area contributed by atoms with E-state index in [0.717, 1.165) is 68.9 Å². The maximum Gasteiger partial charge on any atom is 0.191 e. The molecule has 9 heteroatoms. The first kappa shape index (κ1) is 25.5. The molecule has 2 N–H and O–H groups in total. The van der Waals surface area contributed by atoms with Crippen LogP contribution < -0.4 is 10.6 Å². The molecular weight excluding hydrogens is 487 g/mol. The summed E-state index contributed by atoms with van der Waals surface area (Å²) in [5.74, 6) is 2.00. The van der Waals surface area contributed by atoms with Gasteiger partial charge in [0.2, 0.25) is 0 Å². The van der Waals surface area contributed by atoms with Gasteiger partial charge >= 0.3 is 0 Å². The van der Waals surface area contributed by atoms with E-state index >= 15 is 0 Å². The average molecular weight is 525 g/mol. The van der Waals surface area contributed by atoms with Crippen LogP contribution >= 0.6 is 35.7 Å². The van der Waals surface area contributed by atoms with Gasteiger partial charge in [-0.05, 0) is 45.3 Å². The number of hydrogen-bond acceptors (Lipinski definition) is 5. The molecule has 1 aliphatic carbocycles. The molecule has 1 aliphatic rings. The Balaban J connectivity index is 0.00000392. The molecule has 0 spiro atoms. The van der Waals surface area contributed by atoms with Crippen LogP contribution in [0.1, 0.15) is 63.7 Å². The highest BCUT2D eigenvalue weighted by molar-refractivity contribution is 14.0. The fraction of sp³-hybridized carbons (Fsp3) is 0.842. The monoisotopic (exact) mass is 524 g/mol. The second kappa shape index (κ2) is 15.3. The normalized spacial score (nSPS) is 14.9. The number of ether oxygens (including phenoxy) is 1. The van der Waals surface area contributed by atoms with Crippen molar-refractivity contribution in [1.82, 2.24) is 25.4 Å². The molecule has 0 aromatic carbocycles. The Bertz CT molecular complexity index is 563. The summed E-state index contributed by atoms with van der Waals surface area (Å²) in [6.45, 7) is 5.46. The Morgan fingerprint density at radius 1 is 1.18 bits per heavy atom. The number of aliphatic imine (C=N–C) groups is 1. The molecular formula is C19H37IN6OS. The van der Waals surface area contributed by atoms with E-state index in [-0.39, 0.29) is 24.0 Å². The zero-order valence-electron chi connectivity index (χ0n) is 17.6. The van der Waals surface area contributed by atoms with E-state index in [0.29, 0.717) is 6.04 Å². The highest BCUT2D eigenvalue weighted by Gasteiger charge is 2.23. The lowest BCUT2D eigenvalue weighted by molar-refractivity contribution is 0.143. The summed E-state index contributed by atoms with van der Waals surface area (Å²) in [5.41, 5.74) is 0. The predicted molar refractivity (Wildman–Crippen MR) is 128 cm³/mol. The molecule has 1 fully saturated rings. The Kier molecular flexibility index (Phi) is 13.9. The molecule has 1 heterocycles. The van der Waals surface area contributed by atoms with Gasteiger partial charge in [0.25, 0.3) is 0 Å². The fourth-order valence-corrected chi connectivity index (χ4v) is 4.07. The summed E-state index contributed by atoms with van der Waals surface area (Å²) in [4.78, 5) is 4.29. The molecule has 0 aliphatic heterocycles. The Morgan fingerprint density at radius 2 is 1.89 bits per heavy atom. The summed E-state index contributed by atoms with van der Waals surface area (Å²) >= 11 is 1.70. The largest absolute Gasteiger partial charge is 0.382 e. The standard InChI is InChI=1S/C19H36N6OS.HI/c1-4-26-15-8-7-13-21-18(20-2)22-14-9-12-17-23-24-19(27-3)25(17)16-10-5-6-11-16;/h16H,4-15H2,1-3H3,(H2,20,21,22);1H. The number of aromatic nitrogens is 3. The molecule has 0 atom stereocenters. The van der Waals surface area contributed by atoms with Gasteiger partial charge in [-0.15, -0.1) is 34.2 Å². The molecule has 1 saturated carbocycles. The minimum atomic E-state index is 0. The number of nitrogens with zero attached hydrogens (tertiary/aromatic N) is 4. The highest BCUT2D eigenvalue weighted by atomic mass is 127. The highest BCUT2D eigenvalue weighted by Crippen LogP contribution is 2.33. The Morgan fingerprint density at radius 3 is 2.54 bits per heavy atom. The van der Waals surface area contributed by atoms with Crippen molar-refractivity contribution in [3.63, 3.8) is 0 Å². The minimum absolute atomic E-state index is 0. The van der Waals surface area contributed by atoms with Crippen molar-refractivity contribution in [2.24, 2.45) is 4.99 Å². The quantitative estimate of drug-likeness (QED) is 0.143. The number of rotatable bonds is 12. The summed E-state index contributed by atoms with van der Waals surface area (Å²) in [6, 6.07) is 0.594. The van der Waals surface area contributed by atoms with E-state index in [2.05, 4.69) is 36.6 Å². The van der Waals surface area contributed by atoms with Gasteiger partial charge in [0.1, 0.15) is 5.82 Å². The molecule has 1 aromatic rings. The predicted octanol–water partition coefficient (Wildman–Crippen LogP) is 3.65. The Labute approximate surface area is 191 Å². The summed E-state index contributed by atoms with van der Waals surface area (Å²) in [5, 5.41) is 16.7. The molecule has 162 valence electrons. The van der Waals surface area contributed by atoms with Crippen LogP contribution in [0.25, 0.3) is 0 Å². The lowest BCUT2D eigenvalue weighted by atomic mass is 10.2. The third kappa shape index (κ3) is 8.44. The number of guanidine groups is 1. The topological polar surface area (TPSA) is 76.4 Å². The van der Waals surface area contributed by atoms with Gasteiger partial charge in [-0.25, -0.2) is 0 Å². The van der Waals surface area contributed by atoms with Crippen molar-refractivity contribution in [1.29, 1.82) is 0 Å². The first-order chi connectivity index (χ1) is 13.3. The molecule has 28 heavy (non-hydrogen) atoms. The zero-order valence-corrected chi connectivity index (χ0v) is 20.7. The molecule has 0 saturated heterocycles. The van der Waals surface area contributed by atoms with Crippen molar-refractivity contribution in [2.75, 3.05) is 39.6 Å². The number of hydrogen-bond donors (Lipinski definition) is 2. The van der Waals surface area contributed by atoms with Crippen LogP contribution in [0.15, 0.2) is 10.1 Å². The molecule has 0 amide bonds. The molecule has 2 rings (SSSR count). The lowest BCUT2D eigenvalue weighted by Crippen LogP contribution is -2.38. The summed E-state index contributed by atoms with van der Waals surface area (Å²) in [7, 11) is 1.82. The van der Waals surface area contributed by atoms with E-state index in [1.807, 2.05) is 14.0 Å². The van der Waals surface area contributed by atoms with Crippen molar-refractivity contribution < 1.29 is 4.74 Å². The average Bonchev–Trinajstić information content (AvgIpc) is 3.35. The van der Waals surface area contributed by atoms with E-state index in [1.54, 1.807) is 11.8 Å². The SMILES string of the molecule is CCOCCCCNC(=NC)NCCCc1nnc(SC)n1C1CCCC1.I. The van der Waals surface area contributed by atoms with E-state index in [4.69, 9.17) is 4.74 Å². The van der Waals surface area contributed by atoms with Crippen LogP contribution in [0.3, 0.4) is 0 Å². The number of aryl methyl sites for hydroxylation is 1. The van der Waals surface area contributed by atoms with E-state index in [1.165, 1.54) is 25.7 Å². The molecule has 1 aromatic heterocycles. The van der Waals surface area contributed by atoms with Crippen LogP contribution in [0, 0.1) is 0 Å². The van der Waals surface area contributed by atoms with E-state index < -0.39 is 0 Å². The summed E-state index contributed by atoms with van der Waals surface area (Å²) in [6.07, 6.45) is 11.4. The van der Waals surface area contributed by atoms with E-state index in [9.17, 15) is 0 Å². The van der Waals surface area contributed by atoms with Crippen molar-refractivity contribution >= 4 is 41.7 Å². The second-order valence-electron chi connectivity index (χ2n) is 6.84. The van der Waals surface area contributed by atoms with Gasteiger partial charge < -0.3 is 19.9 Å². The molecule has 0 radical (unpaired) electrons. The number of nitrogens with one attached hydrogen (secondary N) is 2. The van der Waals surface area contributed by atoms with Crippen LogP contribution in [0.2, 0.25) is 0 Å². The fourth-order valence-electron chi connectivity index (χ4n) is 3.50.